The fourth-order valence-electron chi connectivity index (χ4n) is 3.07. The van der Waals surface area contributed by atoms with Crippen LogP contribution in [-0.4, -0.2) is 25.0 Å². The summed E-state index contributed by atoms with van der Waals surface area (Å²) in [6.07, 6.45) is 10.8. The molecule has 3 heteroatoms. The Balaban J connectivity index is 1.74. The summed E-state index contributed by atoms with van der Waals surface area (Å²) in [5.74, 6) is 1.00. The molecule has 0 spiro atoms. The molecular formula is C14H26N2O. The van der Waals surface area contributed by atoms with Crippen LogP contribution >= 0.6 is 0 Å². The number of amides is 1. The van der Waals surface area contributed by atoms with Crippen LogP contribution in [0, 0.1) is 5.92 Å². The van der Waals surface area contributed by atoms with E-state index in [-0.39, 0.29) is 11.4 Å². The van der Waals surface area contributed by atoms with E-state index in [0.29, 0.717) is 6.42 Å². The average molecular weight is 238 g/mol. The Morgan fingerprint density at radius 1 is 1.18 bits per heavy atom. The van der Waals surface area contributed by atoms with E-state index in [4.69, 9.17) is 0 Å². The first-order chi connectivity index (χ1) is 8.24. The van der Waals surface area contributed by atoms with E-state index in [9.17, 15) is 4.79 Å². The summed E-state index contributed by atoms with van der Waals surface area (Å²) in [6, 6.07) is 0. The van der Waals surface area contributed by atoms with E-state index < -0.39 is 0 Å². The third kappa shape index (κ3) is 3.44. The highest BCUT2D eigenvalue weighted by Crippen LogP contribution is 2.31. The van der Waals surface area contributed by atoms with Crippen molar-refractivity contribution in [3.63, 3.8) is 0 Å². The molecule has 2 aliphatic rings. The summed E-state index contributed by atoms with van der Waals surface area (Å²) < 4.78 is 0. The molecule has 1 amide bonds. The molecule has 2 saturated carbocycles. The minimum atomic E-state index is 0.0853. The highest BCUT2D eigenvalue weighted by atomic mass is 16.1. The molecule has 2 aliphatic carbocycles. The molecule has 98 valence electrons. The van der Waals surface area contributed by atoms with Gasteiger partial charge < -0.3 is 10.6 Å². The van der Waals surface area contributed by atoms with E-state index in [1.165, 1.54) is 38.5 Å². The molecule has 0 aliphatic heterocycles. The summed E-state index contributed by atoms with van der Waals surface area (Å²) in [5, 5.41) is 6.52. The lowest BCUT2D eigenvalue weighted by molar-refractivity contribution is -0.123. The van der Waals surface area contributed by atoms with Gasteiger partial charge in [-0.15, -0.1) is 0 Å². The van der Waals surface area contributed by atoms with Gasteiger partial charge in [0.25, 0.3) is 0 Å². The van der Waals surface area contributed by atoms with Gasteiger partial charge in [-0.1, -0.05) is 25.7 Å². The lowest BCUT2D eigenvalue weighted by Crippen LogP contribution is -2.48. The van der Waals surface area contributed by atoms with E-state index >= 15 is 0 Å². The van der Waals surface area contributed by atoms with Gasteiger partial charge in [-0.2, -0.15) is 0 Å². The fraction of sp³-hybridized carbons (Fsp3) is 0.929. The second-order valence-electron chi connectivity index (χ2n) is 5.87. The number of rotatable bonds is 5. The Labute approximate surface area is 105 Å². The van der Waals surface area contributed by atoms with Crippen molar-refractivity contribution < 1.29 is 4.79 Å². The van der Waals surface area contributed by atoms with Crippen molar-refractivity contribution in [1.29, 1.82) is 0 Å². The quantitative estimate of drug-likeness (QED) is 0.771. The molecule has 3 nitrogen and oxygen atoms in total. The van der Waals surface area contributed by atoms with Gasteiger partial charge in [0.15, 0.2) is 0 Å². The van der Waals surface area contributed by atoms with Crippen molar-refractivity contribution in [3.8, 4) is 0 Å². The molecule has 0 saturated heterocycles. The maximum Gasteiger partial charge on any atom is 0.221 e. The first kappa shape index (κ1) is 12.9. The van der Waals surface area contributed by atoms with Crippen LogP contribution in [0.25, 0.3) is 0 Å². The smallest absolute Gasteiger partial charge is 0.221 e. The second kappa shape index (κ2) is 5.85. The predicted molar refractivity (Wildman–Crippen MR) is 69.8 cm³/mol. The third-order valence-electron chi connectivity index (χ3n) is 4.65. The first-order valence-corrected chi connectivity index (χ1v) is 7.20. The molecular weight excluding hydrogens is 212 g/mol. The zero-order valence-electron chi connectivity index (χ0n) is 11.1. The van der Waals surface area contributed by atoms with E-state index in [1.54, 1.807) is 0 Å². The minimum absolute atomic E-state index is 0.0853. The Morgan fingerprint density at radius 3 is 2.41 bits per heavy atom. The molecule has 0 unspecified atom stereocenters. The van der Waals surface area contributed by atoms with Crippen LogP contribution in [0.2, 0.25) is 0 Å². The Hall–Kier alpha value is -0.570. The lowest BCUT2D eigenvalue weighted by atomic mass is 9.79. The normalized spacial score (nSPS) is 24.1. The number of carbonyl (C=O) groups excluding carboxylic acids is 1. The Morgan fingerprint density at radius 2 is 1.88 bits per heavy atom. The van der Waals surface area contributed by atoms with Crippen LogP contribution in [-0.2, 0) is 4.79 Å². The number of nitrogens with one attached hydrogen (secondary N) is 2. The maximum absolute atomic E-state index is 12.0. The van der Waals surface area contributed by atoms with Gasteiger partial charge in [-0.3, -0.25) is 4.79 Å². The molecule has 0 aromatic rings. The van der Waals surface area contributed by atoms with Crippen molar-refractivity contribution in [3.05, 3.63) is 0 Å². The monoisotopic (exact) mass is 238 g/mol. The van der Waals surface area contributed by atoms with Gasteiger partial charge in [0.2, 0.25) is 5.91 Å². The number of carbonyl (C=O) groups is 1. The summed E-state index contributed by atoms with van der Waals surface area (Å²) in [5.41, 5.74) is 0.0853. The van der Waals surface area contributed by atoms with E-state index in [0.717, 1.165) is 25.3 Å². The molecule has 2 fully saturated rings. The summed E-state index contributed by atoms with van der Waals surface area (Å²) in [6.45, 7) is 0.901. The summed E-state index contributed by atoms with van der Waals surface area (Å²) in [4.78, 5) is 12.0. The van der Waals surface area contributed by atoms with E-state index in [1.807, 2.05) is 7.05 Å². The van der Waals surface area contributed by atoms with Crippen molar-refractivity contribution in [2.45, 2.75) is 63.3 Å². The highest BCUT2D eigenvalue weighted by molar-refractivity contribution is 5.77. The number of hydrogen-bond acceptors (Lipinski definition) is 2. The van der Waals surface area contributed by atoms with Gasteiger partial charge in [-0.05, 0) is 38.6 Å². The standard InChI is InChI=1S/C14H26N2O/c1-15-14(8-3-2-4-9-14)10-13(17)16-11-12-6-5-7-12/h12,15H,2-11H2,1H3,(H,16,17). The average Bonchev–Trinajstić information content (AvgIpc) is 2.28. The largest absolute Gasteiger partial charge is 0.356 e. The summed E-state index contributed by atoms with van der Waals surface area (Å²) in [7, 11) is 2.00. The topological polar surface area (TPSA) is 41.1 Å². The Kier molecular flexibility index (Phi) is 4.43. The molecule has 2 N–H and O–H groups in total. The van der Waals surface area contributed by atoms with Crippen LogP contribution < -0.4 is 10.6 Å². The minimum Gasteiger partial charge on any atom is -0.356 e. The zero-order chi connectivity index (χ0) is 12.1. The lowest BCUT2D eigenvalue weighted by Gasteiger charge is -2.37. The first-order valence-electron chi connectivity index (χ1n) is 7.20. The van der Waals surface area contributed by atoms with Gasteiger partial charge in [-0.25, -0.2) is 0 Å². The van der Waals surface area contributed by atoms with Crippen LogP contribution in [0.15, 0.2) is 0 Å². The molecule has 0 radical (unpaired) electrons. The van der Waals surface area contributed by atoms with Crippen LogP contribution in [0.4, 0.5) is 0 Å². The van der Waals surface area contributed by atoms with Gasteiger partial charge >= 0.3 is 0 Å². The van der Waals surface area contributed by atoms with Crippen molar-refractivity contribution in [1.82, 2.24) is 10.6 Å². The van der Waals surface area contributed by atoms with Crippen molar-refractivity contribution in [2.75, 3.05) is 13.6 Å². The van der Waals surface area contributed by atoms with Gasteiger partial charge in [0.05, 0.1) is 0 Å². The Bertz CT molecular complexity index is 255. The van der Waals surface area contributed by atoms with Crippen molar-refractivity contribution in [2.24, 2.45) is 5.92 Å². The highest BCUT2D eigenvalue weighted by Gasteiger charge is 2.32. The molecule has 0 aromatic heterocycles. The molecule has 2 rings (SSSR count). The number of hydrogen-bond donors (Lipinski definition) is 2. The summed E-state index contributed by atoms with van der Waals surface area (Å²) >= 11 is 0. The molecule has 0 atom stereocenters. The predicted octanol–water partition coefficient (Wildman–Crippen LogP) is 2.22. The SMILES string of the molecule is CNC1(CC(=O)NCC2CCC2)CCCCC1. The molecule has 0 heterocycles. The van der Waals surface area contributed by atoms with Crippen LogP contribution in [0.3, 0.4) is 0 Å². The maximum atomic E-state index is 12.0. The van der Waals surface area contributed by atoms with Crippen LogP contribution in [0.1, 0.15) is 57.8 Å². The zero-order valence-corrected chi connectivity index (χ0v) is 11.1. The fourth-order valence-corrected chi connectivity index (χ4v) is 3.07. The van der Waals surface area contributed by atoms with E-state index in [2.05, 4.69) is 10.6 Å². The second-order valence-corrected chi connectivity index (χ2v) is 5.87. The molecule has 0 bridgehead atoms. The van der Waals surface area contributed by atoms with Crippen LogP contribution in [0.5, 0.6) is 0 Å². The molecule has 17 heavy (non-hydrogen) atoms. The van der Waals surface area contributed by atoms with Gasteiger partial charge in [0.1, 0.15) is 0 Å². The van der Waals surface area contributed by atoms with Crippen molar-refractivity contribution >= 4 is 5.91 Å². The van der Waals surface area contributed by atoms with Gasteiger partial charge in [0, 0.05) is 18.5 Å². The molecule has 0 aromatic carbocycles. The third-order valence-corrected chi connectivity index (χ3v) is 4.65.